The van der Waals surface area contributed by atoms with E-state index in [4.69, 9.17) is 56.8 Å². The Morgan fingerprint density at radius 2 is 0.975 bits per heavy atom. The van der Waals surface area contributed by atoms with Gasteiger partial charge in [0.2, 0.25) is 11.8 Å². The Hall–Kier alpha value is -3.16. The molecule has 80 heavy (non-hydrogen) atoms. The van der Waals surface area contributed by atoms with Crippen LogP contribution >= 0.6 is 0 Å². The number of amides is 2. The summed E-state index contributed by atoms with van der Waals surface area (Å²) >= 11 is 0. The fourth-order valence-corrected chi connectivity index (χ4v) is 10.2. The summed E-state index contributed by atoms with van der Waals surface area (Å²) in [6.45, 7) is -1.14. The molecule has 0 bridgehead atoms. The van der Waals surface area contributed by atoms with Gasteiger partial charge in [0.25, 0.3) is 0 Å². The number of aliphatic hydroxyl groups is 16. The molecule has 33 heteroatoms. The minimum absolute atomic E-state index is 0.0736. The molecule has 1 aromatic rings. The number of hydrogen-bond donors (Lipinski definition) is 17. The summed E-state index contributed by atoms with van der Waals surface area (Å²) in [4.78, 5) is 27.2. The van der Waals surface area contributed by atoms with E-state index >= 15 is 0 Å². The van der Waals surface area contributed by atoms with Crippen LogP contribution in [0.15, 0.2) is 24.3 Å². The molecule has 6 aliphatic heterocycles. The molecular weight excluding hydrogens is 1090 g/mol. The first-order valence-corrected chi connectivity index (χ1v) is 25.5. The molecule has 0 unspecified atom stereocenters. The van der Waals surface area contributed by atoms with Gasteiger partial charge in [-0.2, -0.15) is 0 Å². The van der Waals surface area contributed by atoms with E-state index in [1.807, 2.05) is 0 Å². The van der Waals surface area contributed by atoms with Gasteiger partial charge in [0.15, 0.2) is 31.5 Å². The molecule has 0 radical (unpaired) electrons. The number of methoxy groups -OCH3 is 1. The van der Waals surface area contributed by atoms with Crippen molar-refractivity contribution in [3.8, 4) is 5.75 Å². The molecule has 1 aromatic carbocycles. The van der Waals surface area contributed by atoms with E-state index in [2.05, 4.69) is 5.32 Å². The maximum atomic E-state index is 14.1. The number of nitrogens with zero attached hydrogens (tertiary/aromatic N) is 1. The summed E-state index contributed by atoms with van der Waals surface area (Å²) in [7, 11) is 1.38. The first kappa shape index (κ1) is 64.4. The van der Waals surface area contributed by atoms with E-state index in [9.17, 15) is 96.4 Å². The van der Waals surface area contributed by atoms with Gasteiger partial charge in [-0.3, -0.25) is 9.59 Å². The molecule has 7 rings (SSSR count). The van der Waals surface area contributed by atoms with Gasteiger partial charge in [-0.15, -0.1) is 0 Å². The van der Waals surface area contributed by atoms with E-state index in [1.165, 1.54) is 38.3 Å². The molecular formula is C47H73N2O31-. The van der Waals surface area contributed by atoms with Crippen LogP contribution in [0.4, 0.5) is 5.69 Å². The standard InChI is InChI=1S/C47H73N2O31/c1-14-26(55)32(61)35(64)44(72-14)71-13-23-40(31(60)25(42(68)73-23)49(16(3)54)17-5-7-18(69-4)8-6-17)78-43-24(48-15(2)53)30(59)39(21(11-52)76-43)79-47-38(67)41(80-46-37(66)34(63)28(57)20(10-51)75-46)29(58)22(77-47)12-70-45-36(65)33(62)27(56)19(9-50)74-45/h5-8,14,19-47,50-52,55-67H,9-13H2,1-4H3,(H,48,53)/q-1/t14-,19-,20-,21-,22-,23-,24-,25-,26+,27-,28-,29-,30-,31-,32+,33+,34+,35-,36+,37+,38+,39-,40-,41+,42-,43+,44+,45+,46-,47+/m1/s1. The van der Waals surface area contributed by atoms with Crippen LogP contribution < -0.4 is 20.1 Å². The lowest BCUT2D eigenvalue weighted by Gasteiger charge is -2.53. The highest BCUT2D eigenvalue weighted by Gasteiger charge is 2.57. The van der Waals surface area contributed by atoms with Crippen molar-refractivity contribution in [1.82, 2.24) is 5.32 Å². The second-order valence-electron chi connectivity index (χ2n) is 20.1. The highest BCUT2D eigenvalue weighted by atomic mass is 16.8. The van der Waals surface area contributed by atoms with Crippen molar-refractivity contribution in [1.29, 1.82) is 0 Å². The van der Waals surface area contributed by atoms with Crippen LogP contribution in [0.1, 0.15) is 20.8 Å². The maximum absolute atomic E-state index is 14.1. The molecule has 17 N–H and O–H groups in total. The average molecular weight is 1160 g/mol. The molecule has 6 saturated heterocycles. The van der Waals surface area contributed by atoms with Gasteiger partial charge in [-0.05, 0) is 31.2 Å². The smallest absolute Gasteiger partial charge is 0.224 e. The zero-order valence-electron chi connectivity index (χ0n) is 43.4. The summed E-state index contributed by atoms with van der Waals surface area (Å²) < 4.78 is 68.9. The van der Waals surface area contributed by atoms with E-state index in [1.54, 1.807) is 0 Å². The van der Waals surface area contributed by atoms with Crippen LogP contribution in [0.2, 0.25) is 0 Å². The van der Waals surface area contributed by atoms with Crippen LogP contribution in [-0.4, -0.2) is 318 Å². The van der Waals surface area contributed by atoms with Crippen molar-refractivity contribution in [2.24, 2.45) is 0 Å². The van der Waals surface area contributed by atoms with Gasteiger partial charge >= 0.3 is 0 Å². The predicted octanol–water partition coefficient (Wildman–Crippen LogP) is -11.5. The molecule has 0 aromatic heterocycles. The van der Waals surface area contributed by atoms with Gasteiger partial charge in [0.05, 0.1) is 52.3 Å². The fourth-order valence-electron chi connectivity index (χ4n) is 10.2. The molecule has 0 spiro atoms. The normalized spacial score (nSPS) is 46.4. The second kappa shape index (κ2) is 27.7. The van der Waals surface area contributed by atoms with E-state index in [-0.39, 0.29) is 5.69 Å². The van der Waals surface area contributed by atoms with E-state index in [0.29, 0.717) is 5.75 Å². The van der Waals surface area contributed by atoms with Gasteiger partial charge in [-0.1, -0.05) is 0 Å². The van der Waals surface area contributed by atoms with Crippen molar-refractivity contribution < 1.29 is 153 Å². The third-order valence-corrected chi connectivity index (χ3v) is 14.7. The molecule has 458 valence electrons. The molecule has 6 aliphatic rings. The Balaban J connectivity index is 1.18. The first-order valence-electron chi connectivity index (χ1n) is 25.5. The average Bonchev–Trinajstić information content (AvgIpc) is 3.48. The Morgan fingerprint density at radius 3 is 1.52 bits per heavy atom. The largest absolute Gasteiger partial charge is 0.829 e. The number of anilines is 1. The highest BCUT2D eigenvalue weighted by molar-refractivity contribution is 5.92. The van der Waals surface area contributed by atoms with Crippen molar-refractivity contribution >= 4 is 17.5 Å². The van der Waals surface area contributed by atoms with Gasteiger partial charge in [0.1, 0.15) is 140 Å². The molecule has 30 atom stereocenters. The van der Waals surface area contributed by atoms with E-state index in [0.717, 1.165) is 18.7 Å². The second-order valence-corrected chi connectivity index (χ2v) is 20.1. The molecule has 6 heterocycles. The zero-order chi connectivity index (χ0) is 58.8. The highest BCUT2D eigenvalue weighted by Crippen LogP contribution is 2.37. The zero-order valence-corrected chi connectivity index (χ0v) is 43.4. The Morgan fingerprint density at radius 1 is 0.512 bits per heavy atom. The van der Waals surface area contributed by atoms with Gasteiger partial charge < -0.3 is 154 Å². The minimum Gasteiger partial charge on any atom is -0.829 e. The first-order chi connectivity index (χ1) is 37.9. The Bertz CT molecular complexity index is 2120. The number of hydrogen-bond acceptors (Lipinski definition) is 31. The third kappa shape index (κ3) is 13.7. The molecule has 0 aliphatic carbocycles. The van der Waals surface area contributed by atoms with Crippen molar-refractivity contribution in [3.05, 3.63) is 24.3 Å². The molecule has 6 fully saturated rings. The van der Waals surface area contributed by atoms with Crippen LogP contribution in [0.5, 0.6) is 5.75 Å². The summed E-state index contributed by atoms with van der Waals surface area (Å²) in [5, 5.41) is 189. The minimum atomic E-state index is -2.31. The summed E-state index contributed by atoms with van der Waals surface area (Å²) in [5.41, 5.74) is 0.0736. The lowest BCUT2D eigenvalue weighted by molar-refractivity contribution is -0.521. The number of nitrogens with one attached hydrogen (secondary N) is 1. The predicted molar refractivity (Wildman–Crippen MR) is 251 cm³/mol. The van der Waals surface area contributed by atoms with Crippen LogP contribution in [0, 0.1) is 0 Å². The quantitative estimate of drug-likeness (QED) is 0.0612. The third-order valence-electron chi connectivity index (χ3n) is 14.7. The maximum Gasteiger partial charge on any atom is 0.224 e. The summed E-state index contributed by atoms with van der Waals surface area (Å²) in [6, 6.07) is 2.04. The summed E-state index contributed by atoms with van der Waals surface area (Å²) in [6.07, 6.45) is -53.0. The van der Waals surface area contributed by atoms with Crippen molar-refractivity contribution in [2.45, 2.75) is 205 Å². The van der Waals surface area contributed by atoms with Crippen LogP contribution in [0.3, 0.4) is 0 Å². The number of carbonyl (C=O) groups is 2. The number of rotatable bonds is 19. The van der Waals surface area contributed by atoms with Gasteiger partial charge in [0, 0.05) is 25.8 Å². The fraction of sp³-hybridized carbons (Fsp3) is 0.830. The van der Waals surface area contributed by atoms with Crippen molar-refractivity contribution in [2.75, 3.05) is 45.0 Å². The number of aliphatic hydroxyl groups excluding tert-OH is 16. The number of benzene rings is 1. The summed E-state index contributed by atoms with van der Waals surface area (Å²) in [5.74, 6) is -1.29. The topological polar surface area (TPSA) is 507 Å². The number of ether oxygens (including phenoxy) is 12. The number of carbonyl (C=O) groups excluding carboxylic acids is 2. The molecule has 2 amide bonds. The lowest BCUT2D eigenvalue weighted by atomic mass is 9.93. The van der Waals surface area contributed by atoms with Gasteiger partial charge in [-0.25, -0.2) is 0 Å². The van der Waals surface area contributed by atoms with Crippen molar-refractivity contribution in [3.63, 3.8) is 0 Å². The van der Waals surface area contributed by atoms with Crippen LogP contribution in [-0.2, 0) is 61.7 Å². The van der Waals surface area contributed by atoms with E-state index < -0.39 is 229 Å². The SMILES string of the molecule is COc1ccc(N(C(C)=O)[C@@H]2[C@@H](O)[C@H](O[C@@H]3O[C@H](CO)[C@@H](O[C@@H]4O[C@H](CO[C@H]5O[C@H](CO)[C@@H](O)[C@H](O)[C@@H]5O)[C@@H](O)[C@H](O[C@H]5O[C@H](CO)[C@@H](O)[C@H](O)[C@@H]5O)[C@@H]4O)[C@H](O)[C@H]3NC(C)=O)[C@@H](CO[C@H]3O[C@H](C)[C@H](O)[C@H](O)[C@H]3O)O[C@H]2[O-])cc1. The Labute approximate surface area is 455 Å². The molecule has 0 saturated carbocycles. The lowest BCUT2D eigenvalue weighted by Crippen LogP contribution is -2.72. The van der Waals surface area contributed by atoms with Crippen LogP contribution in [0.25, 0.3) is 0 Å². The Kier molecular flexibility index (Phi) is 22.3. The molecule has 33 nitrogen and oxygen atoms in total. The monoisotopic (exact) mass is 1160 g/mol.